The van der Waals surface area contributed by atoms with E-state index in [0.717, 1.165) is 17.5 Å². The Hall–Kier alpha value is -3.23. The van der Waals surface area contributed by atoms with Gasteiger partial charge in [-0.2, -0.15) is 5.10 Å². The van der Waals surface area contributed by atoms with Crippen molar-refractivity contribution in [1.82, 2.24) is 19.2 Å². The molecule has 0 aliphatic carbocycles. The maximum Gasteiger partial charge on any atom is 0.346 e. The SMILES string of the molecule is Cc1ccc(Cn2nc3n(c2=O)[C@H](C(=O)N2CCC[C@H]2C(=O)CCC(=O)O)CCC3)cc1. The summed E-state index contributed by atoms with van der Waals surface area (Å²) in [5, 5.41) is 13.4. The van der Waals surface area contributed by atoms with E-state index in [9.17, 15) is 19.2 Å². The molecule has 2 aromatic rings. The lowest BCUT2D eigenvalue weighted by Gasteiger charge is -2.30. The number of carbonyl (C=O) groups excluding carboxylic acids is 2. The zero-order valence-electron chi connectivity index (χ0n) is 18.2. The van der Waals surface area contributed by atoms with E-state index in [1.54, 1.807) is 4.90 Å². The van der Waals surface area contributed by atoms with E-state index in [0.29, 0.717) is 44.6 Å². The van der Waals surface area contributed by atoms with Crippen LogP contribution in [0.15, 0.2) is 29.1 Å². The van der Waals surface area contributed by atoms with E-state index in [1.807, 2.05) is 31.2 Å². The molecule has 1 fully saturated rings. The molecule has 1 aromatic carbocycles. The number of aliphatic carboxylic acids is 1. The maximum absolute atomic E-state index is 13.4. The normalized spacial score (nSPS) is 20.2. The molecule has 1 saturated heterocycles. The number of carbonyl (C=O) groups is 3. The lowest BCUT2D eigenvalue weighted by atomic mass is 10.0. The Morgan fingerprint density at radius 2 is 1.78 bits per heavy atom. The fraction of sp³-hybridized carbons (Fsp3) is 0.522. The number of aromatic nitrogens is 3. The Balaban J connectivity index is 1.55. The number of carboxylic acid groups (broad SMARTS) is 1. The lowest BCUT2D eigenvalue weighted by molar-refractivity contribution is -0.142. The Morgan fingerprint density at radius 3 is 2.50 bits per heavy atom. The van der Waals surface area contributed by atoms with Gasteiger partial charge in [-0.3, -0.25) is 19.0 Å². The highest BCUT2D eigenvalue weighted by Gasteiger charge is 2.39. The number of Topliss-reactive ketones (excluding diaryl/α,β-unsaturated/α-hetero) is 1. The van der Waals surface area contributed by atoms with Crippen LogP contribution in [0.4, 0.5) is 0 Å². The smallest absolute Gasteiger partial charge is 0.346 e. The van der Waals surface area contributed by atoms with Gasteiger partial charge < -0.3 is 10.0 Å². The van der Waals surface area contributed by atoms with E-state index >= 15 is 0 Å². The van der Waals surface area contributed by atoms with Crippen molar-refractivity contribution in [3.05, 3.63) is 51.7 Å². The van der Waals surface area contributed by atoms with Crippen molar-refractivity contribution in [2.24, 2.45) is 0 Å². The standard InChI is InChI=1S/C23H28N4O5/c1-15-7-9-16(10-8-15)14-26-23(32)27-18(4-2-6-20(27)24-26)22(31)25-13-3-5-17(25)19(28)11-12-21(29)30/h7-10,17-18H,2-6,11-14H2,1H3,(H,29,30)/t17-,18-/m0/s1. The Labute approximate surface area is 185 Å². The Kier molecular flexibility index (Phi) is 6.25. The minimum Gasteiger partial charge on any atom is -0.481 e. The summed E-state index contributed by atoms with van der Waals surface area (Å²) in [4.78, 5) is 51.5. The predicted octanol–water partition coefficient (Wildman–Crippen LogP) is 1.70. The van der Waals surface area contributed by atoms with Gasteiger partial charge in [0.25, 0.3) is 0 Å². The van der Waals surface area contributed by atoms with Crippen molar-refractivity contribution in [2.75, 3.05) is 6.54 Å². The Bertz CT molecular complexity index is 1080. The first-order chi connectivity index (χ1) is 15.3. The quantitative estimate of drug-likeness (QED) is 0.701. The van der Waals surface area contributed by atoms with Crippen molar-refractivity contribution < 1.29 is 19.5 Å². The number of amides is 1. The van der Waals surface area contributed by atoms with Gasteiger partial charge in [0.05, 0.1) is 19.0 Å². The van der Waals surface area contributed by atoms with Crippen LogP contribution in [0.2, 0.25) is 0 Å². The molecule has 1 amide bonds. The van der Waals surface area contributed by atoms with Crippen LogP contribution >= 0.6 is 0 Å². The molecule has 0 saturated carbocycles. The first kappa shape index (κ1) is 22.0. The van der Waals surface area contributed by atoms with Gasteiger partial charge in [-0.15, -0.1) is 0 Å². The lowest BCUT2D eigenvalue weighted by Crippen LogP contribution is -2.47. The summed E-state index contributed by atoms with van der Waals surface area (Å²) in [6.07, 6.45) is 2.78. The van der Waals surface area contributed by atoms with Gasteiger partial charge in [-0.1, -0.05) is 29.8 Å². The molecule has 3 heterocycles. The molecule has 4 rings (SSSR count). The zero-order valence-corrected chi connectivity index (χ0v) is 18.2. The molecule has 0 radical (unpaired) electrons. The van der Waals surface area contributed by atoms with Crippen LogP contribution in [-0.4, -0.2) is 54.6 Å². The number of benzene rings is 1. The van der Waals surface area contributed by atoms with Crippen molar-refractivity contribution in [3.63, 3.8) is 0 Å². The summed E-state index contributed by atoms with van der Waals surface area (Å²) < 4.78 is 2.90. The second kappa shape index (κ2) is 9.10. The number of nitrogens with zero attached hydrogens (tertiary/aromatic N) is 4. The number of hydrogen-bond donors (Lipinski definition) is 1. The van der Waals surface area contributed by atoms with Gasteiger partial charge in [-0.05, 0) is 38.2 Å². The average molecular weight is 441 g/mol. The molecule has 1 aromatic heterocycles. The fourth-order valence-electron chi connectivity index (χ4n) is 4.69. The summed E-state index contributed by atoms with van der Waals surface area (Å²) in [6, 6.07) is 6.60. The number of hydrogen-bond acceptors (Lipinski definition) is 5. The van der Waals surface area contributed by atoms with E-state index in [2.05, 4.69) is 5.10 Å². The molecule has 0 bridgehead atoms. The molecule has 32 heavy (non-hydrogen) atoms. The van der Waals surface area contributed by atoms with Gasteiger partial charge in [0.2, 0.25) is 5.91 Å². The largest absolute Gasteiger partial charge is 0.481 e. The van der Waals surface area contributed by atoms with Crippen molar-refractivity contribution >= 4 is 17.7 Å². The van der Waals surface area contributed by atoms with Gasteiger partial charge in [0.1, 0.15) is 11.9 Å². The topological polar surface area (TPSA) is 115 Å². The molecule has 0 unspecified atom stereocenters. The number of likely N-dealkylation sites (tertiary alicyclic amines) is 1. The number of carboxylic acids is 1. The summed E-state index contributed by atoms with van der Waals surface area (Å²) >= 11 is 0. The zero-order chi connectivity index (χ0) is 22.8. The van der Waals surface area contributed by atoms with Crippen LogP contribution in [0, 0.1) is 6.92 Å². The number of aryl methyl sites for hydroxylation is 2. The number of ketones is 1. The van der Waals surface area contributed by atoms with Crippen LogP contribution < -0.4 is 5.69 Å². The third-order valence-electron chi connectivity index (χ3n) is 6.36. The molecule has 2 aliphatic heterocycles. The second-order valence-corrected chi connectivity index (χ2v) is 8.67. The third kappa shape index (κ3) is 4.37. The average Bonchev–Trinajstić information content (AvgIpc) is 3.38. The van der Waals surface area contributed by atoms with E-state index in [4.69, 9.17) is 5.11 Å². The molecule has 2 atom stereocenters. The highest BCUT2D eigenvalue weighted by Crippen LogP contribution is 2.29. The van der Waals surface area contributed by atoms with E-state index < -0.39 is 18.1 Å². The number of rotatable bonds is 7. The summed E-state index contributed by atoms with van der Waals surface area (Å²) in [5.41, 5.74) is 1.78. The molecular weight excluding hydrogens is 412 g/mol. The number of fused-ring (bicyclic) bond motifs is 1. The van der Waals surface area contributed by atoms with Gasteiger partial charge in [0, 0.05) is 19.4 Å². The van der Waals surface area contributed by atoms with Crippen LogP contribution in [-0.2, 0) is 27.3 Å². The summed E-state index contributed by atoms with van der Waals surface area (Å²) in [6.45, 7) is 2.78. The molecule has 9 nitrogen and oxygen atoms in total. The molecule has 170 valence electrons. The molecule has 2 aliphatic rings. The summed E-state index contributed by atoms with van der Waals surface area (Å²) in [7, 11) is 0. The monoisotopic (exact) mass is 440 g/mol. The van der Waals surface area contributed by atoms with E-state index in [-0.39, 0.29) is 30.2 Å². The van der Waals surface area contributed by atoms with Gasteiger partial charge in [-0.25, -0.2) is 9.48 Å². The maximum atomic E-state index is 13.4. The minimum atomic E-state index is -1.03. The molecule has 9 heteroatoms. The van der Waals surface area contributed by atoms with Crippen LogP contribution in [0.3, 0.4) is 0 Å². The second-order valence-electron chi connectivity index (χ2n) is 8.67. The summed E-state index contributed by atoms with van der Waals surface area (Å²) in [5.74, 6) is -0.899. The van der Waals surface area contributed by atoms with Crippen LogP contribution in [0.25, 0.3) is 0 Å². The fourth-order valence-corrected chi connectivity index (χ4v) is 4.69. The van der Waals surface area contributed by atoms with Crippen LogP contribution in [0.1, 0.15) is 61.5 Å². The van der Waals surface area contributed by atoms with Crippen molar-refractivity contribution in [1.29, 1.82) is 0 Å². The first-order valence-electron chi connectivity index (χ1n) is 11.1. The molecular formula is C23H28N4O5. The van der Waals surface area contributed by atoms with Crippen LogP contribution in [0.5, 0.6) is 0 Å². The first-order valence-corrected chi connectivity index (χ1v) is 11.1. The Morgan fingerprint density at radius 1 is 1.06 bits per heavy atom. The predicted molar refractivity (Wildman–Crippen MR) is 115 cm³/mol. The van der Waals surface area contributed by atoms with Gasteiger partial charge in [0.15, 0.2) is 5.78 Å². The van der Waals surface area contributed by atoms with Crippen molar-refractivity contribution in [2.45, 2.75) is 70.5 Å². The highest BCUT2D eigenvalue weighted by atomic mass is 16.4. The molecule has 1 N–H and O–H groups in total. The highest BCUT2D eigenvalue weighted by molar-refractivity contribution is 5.92. The third-order valence-corrected chi connectivity index (χ3v) is 6.36. The molecule has 0 spiro atoms. The minimum absolute atomic E-state index is 0.0892. The van der Waals surface area contributed by atoms with Crippen molar-refractivity contribution in [3.8, 4) is 0 Å². The van der Waals surface area contributed by atoms with E-state index in [1.165, 1.54) is 9.25 Å². The van der Waals surface area contributed by atoms with Gasteiger partial charge >= 0.3 is 11.7 Å².